The summed E-state index contributed by atoms with van der Waals surface area (Å²) in [6.07, 6.45) is 0.470. The van der Waals surface area contributed by atoms with E-state index in [1.165, 1.54) is 4.90 Å². The lowest BCUT2D eigenvalue weighted by Gasteiger charge is -2.24. The van der Waals surface area contributed by atoms with E-state index < -0.39 is 12.1 Å². The Bertz CT molecular complexity index is 1360. The second-order valence-electron chi connectivity index (χ2n) is 8.32. The first-order valence-corrected chi connectivity index (χ1v) is 11.5. The van der Waals surface area contributed by atoms with E-state index in [-0.39, 0.29) is 24.5 Å². The van der Waals surface area contributed by atoms with Crippen molar-refractivity contribution in [2.24, 2.45) is 0 Å². The zero-order chi connectivity index (χ0) is 23.4. The molecule has 0 bridgehead atoms. The molecule has 172 valence electrons. The van der Waals surface area contributed by atoms with Crippen molar-refractivity contribution >= 4 is 34.9 Å². The molecule has 0 radical (unpaired) electrons. The molecule has 1 saturated heterocycles. The summed E-state index contributed by atoms with van der Waals surface area (Å²) in [4.78, 5) is 41.3. The van der Waals surface area contributed by atoms with Crippen LogP contribution < -0.4 is 20.1 Å². The first-order valence-electron chi connectivity index (χ1n) is 10.8. The van der Waals surface area contributed by atoms with E-state index in [1.54, 1.807) is 19.1 Å². The lowest BCUT2D eigenvalue weighted by Crippen LogP contribution is -2.51. The Kier molecular flexibility index (Phi) is 4.73. The quantitative estimate of drug-likeness (QED) is 0.593. The van der Waals surface area contributed by atoms with Crippen molar-refractivity contribution in [2.75, 3.05) is 18.7 Å². The highest BCUT2D eigenvalue weighted by Gasteiger charge is 2.45. The van der Waals surface area contributed by atoms with Crippen molar-refractivity contribution in [1.29, 1.82) is 0 Å². The van der Waals surface area contributed by atoms with Crippen LogP contribution in [0.3, 0.4) is 0 Å². The van der Waals surface area contributed by atoms with Crippen molar-refractivity contribution in [3.8, 4) is 22.6 Å². The Labute approximate surface area is 198 Å². The number of rotatable bonds is 3. The Morgan fingerprint density at radius 3 is 2.76 bits per heavy atom. The Hall–Kier alpha value is -3.99. The fraction of sp³-hybridized carbons (Fsp3) is 0.261. The average Bonchev–Trinajstić information content (AvgIpc) is 3.56. The van der Waals surface area contributed by atoms with Crippen LogP contribution in [0.25, 0.3) is 11.1 Å². The van der Waals surface area contributed by atoms with Crippen molar-refractivity contribution in [3.05, 3.63) is 52.5 Å². The molecule has 0 unspecified atom stereocenters. The van der Waals surface area contributed by atoms with Crippen LogP contribution in [0, 0.1) is 6.92 Å². The third-order valence-corrected chi connectivity index (χ3v) is 7.14. The van der Waals surface area contributed by atoms with Gasteiger partial charge in [-0.2, -0.15) is 0 Å². The van der Waals surface area contributed by atoms with Gasteiger partial charge < -0.3 is 25.0 Å². The highest BCUT2D eigenvalue weighted by molar-refractivity contribution is 7.08. The summed E-state index contributed by atoms with van der Waals surface area (Å²) in [6.45, 7) is 2.24. The van der Waals surface area contributed by atoms with Crippen LogP contribution in [0.15, 0.2) is 36.4 Å². The van der Waals surface area contributed by atoms with Crippen molar-refractivity contribution in [1.82, 2.24) is 19.8 Å². The summed E-state index contributed by atoms with van der Waals surface area (Å²) in [5.74, 6) is 0.403. The van der Waals surface area contributed by atoms with Crippen LogP contribution in [0.1, 0.15) is 32.1 Å². The summed E-state index contributed by atoms with van der Waals surface area (Å²) < 4.78 is 14.6. The van der Waals surface area contributed by atoms with E-state index in [9.17, 15) is 14.4 Å². The molecule has 10 nitrogen and oxygen atoms in total. The summed E-state index contributed by atoms with van der Waals surface area (Å²) >= 11 is 1.00. The van der Waals surface area contributed by atoms with Gasteiger partial charge in [0.2, 0.25) is 12.7 Å². The van der Waals surface area contributed by atoms with Gasteiger partial charge in [-0.1, -0.05) is 16.6 Å². The maximum atomic E-state index is 13.5. The number of nitrogens with zero attached hydrogens (tertiary/aromatic N) is 3. The number of carbonyl (C=O) groups is 3. The monoisotopic (exact) mass is 477 g/mol. The molecule has 3 aromatic rings. The van der Waals surface area contributed by atoms with E-state index in [2.05, 4.69) is 20.2 Å². The second-order valence-corrected chi connectivity index (χ2v) is 9.07. The van der Waals surface area contributed by atoms with Crippen LogP contribution in [0.2, 0.25) is 0 Å². The van der Waals surface area contributed by atoms with Gasteiger partial charge in [-0.15, -0.1) is 5.10 Å². The predicted octanol–water partition coefficient (Wildman–Crippen LogP) is 2.21. The molecule has 0 spiro atoms. The molecule has 3 aliphatic rings. The van der Waals surface area contributed by atoms with Gasteiger partial charge in [0.25, 0.3) is 11.8 Å². The van der Waals surface area contributed by atoms with E-state index in [1.807, 2.05) is 24.3 Å². The van der Waals surface area contributed by atoms with Gasteiger partial charge in [0.05, 0.1) is 23.0 Å². The molecular weight excluding hydrogens is 458 g/mol. The van der Waals surface area contributed by atoms with E-state index >= 15 is 0 Å². The molecule has 11 heteroatoms. The van der Waals surface area contributed by atoms with Crippen molar-refractivity contribution in [3.63, 3.8) is 0 Å². The number of anilines is 1. The maximum absolute atomic E-state index is 13.5. The fourth-order valence-electron chi connectivity index (χ4n) is 4.62. The van der Waals surface area contributed by atoms with E-state index in [0.29, 0.717) is 46.3 Å². The SMILES string of the molecule is Cc1nnsc1C(=O)N[C@H]1CCN2C(=O)c3cc(-c4ccc5c(c4)OCO5)ccc3NC(=O)[C@H]12. The Morgan fingerprint density at radius 1 is 1.15 bits per heavy atom. The third-order valence-electron chi connectivity index (χ3n) is 6.32. The molecule has 6 rings (SSSR count). The molecule has 1 aromatic heterocycles. The van der Waals surface area contributed by atoms with Crippen LogP contribution in [-0.4, -0.2) is 57.6 Å². The fourth-order valence-corrected chi connectivity index (χ4v) is 5.18. The van der Waals surface area contributed by atoms with E-state index in [4.69, 9.17) is 9.47 Å². The minimum atomic E-state index is -0.806. The van der Waals surface area contributed by atoms with Gasteiger partial charge in [0.1, 0.15) is 10.9 Å². The zero-order valence-electron chi connectivity index (χ0n) is 18.0. The van der Waals surface area contributed by atoms with Crippen LogP contribution in [0.5, 0.6) is 11.5 Å². The van der Waals surface area contributed by atoms with Crippen LogP contribution >= 0.6 is 11.5 Å². The van der Waals surface area contributed by atoms with Gasteiger partial charge in [-0.25, -0.2) is 0 Å². The summed E-state index contributed by atoms with van der Waals surface area (Å²) in [5.41, 5.74) is 3.06. The summed E-state index contributed by atoms with van der Waals surface area (Å²) in [5, 5.41) is 9.64. The van der Waals surface area contributed by atoms with Crippen LogP contribution in [0.4, 0.5) is 5.69 Å². The number of benzene rings is 2. The zero-order valence-corrected chi connectivity index (χ0v) is 18.8. The van der Waals surface area contributed by atoms with Gasteiger partial charge >= 0.3 is 0 Å². The Morgan fingerprint density at radius 2 is 1.94 bits per heavy atom. The van der Waals surface area contributed by atoms with Crippen molar-refractivity contribution in [2.45, 2.75) is 25.4 Å². The molecule has 0 saturated carbocycles. The number of fused-ring (bicyclic) bond motifs is 3. The first kappa shape index (κ1) is 20.6. The van der Waals surface area contributed by atoms with Gasteiger partial charge in [0, 0.05) is 6.54 Å². The number of nitrogens with one attached hydrogen (secondary N) is 2. The lowest BCUT2D eigenvalue weighted by molar-refractivity contribution is -0.120. The standard InChI is InChI=1S/C23H19N5O5S/c1-11-20(34-27-26-11)22(30)25-16-6-7-28-19(16)21(29)24-15-4-2-12(8-14(15)23(28)31)13-3-5-17-18(9-13)33-10-32-17/h2-5,8-9,16,19H,6-7,10H2,1H3,(H,24,29)(H,25,30)/t16-,19-/m0/s1. The highest BCUT2D eigenvalue weighted by atomic mass is 32.1. The van der Waals surface area contributed by atoms with Gasteiger partial charge in [0.15, 0.2) is 11.5 Å². The number of ether oxygens (including phenoxy) is 2. The van der Waals surface area contributed by atoms with Crippen molar-refractivity contribution < 1.29 is 23.9 Å². The molecule has 1 fully saturated rings. The molecule has 2 atom stereocenters. The van der Waals surface area contributed by atoms with Crippen LogP contribution in [-0.2, 0) is 4.79 Å². The number of amides is 3. The topological polar surface area (TPSA) is 123 Å². The molecular formula is C23H19N5O5S. The normalized spacial score (nSPS) is 20.4. The minimum Gasteiger partial charge on any atom is -0.454 e. The first-order chi connectivity index (χ1) is 16.5. The average molecular weight is 478 g/mol. The molecule has 34 heavy (non-hydrogen) atoms. The number of hydrogen-bond acceptors (Lipinski definition) is 8. The number of carbonyl (C=O) groups excluding carboxylic acids is 3. The molecule has 2 N–H and O–H groups in total. The summed E-state index contributed by atoms with van der Waals surface area (Å²) in [6, 6.07) is 9.62. The lowest BCUT2D eigenvalue weighted by atomic mass is 10.0. The predicted molar refractivity (Wildman–Crippen MR) is 122 cm³/mol. The third kappa shape index (κ3) is 3.27. The molecule has 0 aliphatic carbocycles. The molecule has 3 aliphatic heterocycles. The highest BCUT2D eigenvalue weighted by Crippen LogP contribution is 2.38. The molecule has 3 amide bonds. The number of aromatic nitrogens is 2. The minimum absolute atomic E-state index is 0.181. The second kappa shape index (κ2) is 7.80. The maximum Gasteiger partial charge on any atom is 0.265 e. The molecule has 2 aromatic carbocycles. The van der Waals surface area contributed by atoms with Gasteiger partial charge in [-0.3, -0.25) is 14.4 Å². The number of hydrogen-bond donors (Lipinski definition) is 2. The Balaban J connectivity index is 1.29. The smallest absolute Gasteiger partial charge is 0.265 e. The number of aryl methyl sites for hydroxylation is 1. The van der Waals surface area contributed by atoms with E-state index in [0.717, 1.165) is 22.7 Å². The van der Waals surface area contributed by atoms with Gasteiger partial charge in [-0.05, 0) is 60.3 Å². The largest absolute Gasteiger partial charge is 0.454 e. The summed E-state index contributed by atoms with van der Waals surface area (Å²) in [7, 11) is 0. The molecule has 4 heterocycles.